The quantitative estimate of drug-likeness (QED) is 0.768. The molecule has 6 heteroatoms. The van der Waals surface area contributed by atoms with Gasteiger partial charge in [0, 0.05) is 24.2 Å². The molecule has 0 fully saturated rings. The number of aliphatic hydroxyl groups is 1. The van der Waals surface area contributed by atoms with Crippen LogP contribution in [0.5, 0.6) is 0 Å². The maximum Gasteiger partial charge on any atom is 0.304 e. The van der Waals surface area contributed by atoms with E-state index in [9.17, 15) is 14.3 Å². The second-order valence-electron chi connectivity index (χ2n) is 3.88. The predicted octanol–water partition coefficient (Wildman–Crippen LogP) is 1.40. The lowest BCUT2D eigenvalue weighted by atomic mass is 10.1. The highest BCUT2D eigenvalue weighted by atomic mass is 32.1. The van der Waals surface area contributed by atoms with Gasteiger partial charge < -0.3 is 15.4 Å². The summed E-state index contributed by atoms with van der Waals surface area (Å²) in [6.45, 7) is 0.756. The third-order valence-corrected chi connectivity index (χ3v) is 3.18. The number of hydrogen-bond acceptors (Lipinski definition) is 4. The molecule has 4 nitrogen and oxygen atoms in total. The number of benzene rings is 1. The van der Waals surface area contributed by atoms with E-state index in [1.54, 1.807) is 17.5 Å². The fourth-order valence-corrected chi connectivity index (χ4v) is 2.16. The van der Waals surface area contributed by atoms with Crippen LogP contribution in [0.25, 0.3) is 0 Å². The largest absolute Gasteiger partial charge is 0.387 e. The lowest BCUT2D eigenvalue weighted by Gasteiger charge is -2.11. The first-order valence-electron chi connectivity index (χ1n) is 5.46. The third kappa shape index (κ3) is 3.49. The van der Waals surface area contributed by atoms with Crippen molar-refractivity contribution in [1.29, 1.82) is 0 Å². The molecule has 0 spiro atoms. The molecular formula is C12H13FN2O2S. The first-order valence-corrected chi connectivity index (χ1v) is 6.34. The number of thiazole rings is 1. The topological polar surface area (TPSA) is 65.1 Å². The Bertz CT molecular complexity index is 567. The highest BCUT2D eigenvalue weighted by Crippen LogP contribution is 2.13. The molecule has 0 amide bonds. The van der Waals surface area contributed by atoms with Gasteiger partial charge in [0.1, 0.15) is 5.82 Å². The average Bonchev–Trinajstić information content (AvgIpc) is 2.75. The summed E-state index contributed by atoms with van der Waals surface area (Å²) in [7, 11) is 0. The van der Waals surface area contributed by atoms with Gasteiger partial charge in [-0.25, -0.2) is 4.39 Å². The molecule has 0 aliphatic carbocycles. The molecule has 0 bridgehead atoms. The van der Waals surface area contributed by atoms with E-state index in [0.717, 1.165) is 17.0 Å². The zero-order valence-electron chi connectivity index (χ0n) is 9.52. The summed E-state index contributed by atoms with van der Waals surface area (Å²) in [6.07, 6.45) is -0.772. The van der Waals surface area contributed by atoms with E-state index in [4.69, 9.17) is 0 Å². The summed E-state index contributed by atoms with van der Waals surface area (Å²) in [5.41, 5.74) is 1.30. The van der Waals surface area contributed by atoms with Crippen LogP contribution in [0.1, 0.15) is 17.4 Å². The maximum absolute atomic E-state index is 12.9. The molecule has 0 radical (unpaired) electrons. The van der Waals surface area contributed by atoms with Crippen LogP contribution in [0.2, 0.25) is 0 Å². The molecule has 1 aromatic carbocycles. The van der Waals surface area contributed by atoms with Crippen molar-refractivity contribution in [2.75, 3.05) is 6.54 Å². The Morgan fingerprint density at radius 1 is 1.50 bits per heavy atom. The van der Waals surface area contributed by atoms with E-state index in [1.807, 2.05) is 0 Å². The molecule has 1 heterocycles. The van der Waals surface area contributed by atoms with Gasteiger partial charge in [0.15, 0.2) is 0 Å². The lowest BCUT2D eigenvalue weighted by Crippen LogP contribution is -2.21. The molecule has 2 rings (SSSR count). The van der Waals surface area contributed by atoms with Crippen LogP contribution >= 0.6 is 11.3 Å². The van der Waals surface area contributed by atoms with Crippen molar-refractivity contribution >= 4 is 11.3 Å². The first kappa shape index (κ1) is 12.9. The summed E-state index contributed by atoms with van der Waals surface area (Å²) < 4.78 is 12.9. The SMILES string of the molecule is O=c1[nH]c(CNCC(O)c2cccc(F)c2)cs1. The van der Waals surface area contributed by atoms with Gasteiger partial charge in [0.25, 0.3) is 0 Å². The number of aromatic nitrogens is 1. The minimum atomic E-state index is -0.772. The van der Waals surface area contributed by atoms with Crippen LogP contribution < -0.4 is 10.2 Å². The minimum Gasteiger partial charge on any atom is -0.387 e. The van der Waals surface area contributed by atoms with Gasteiger partial charge in [0.2, 0.25) is 0 Å². The number of halogens is 1. The van der Waals surface area contributed by atoms with E-state index in [0.29, 0.717) is 18.7 Å². The minimum absolute atomic E-state index is 0.0996. The Morgan fingerprint density at radius 2 is 2.33 bits per heavy atom. The Balaban J connectivity index is 1.85. The van der Waals surface area contributed by atoms with Gasteiger partial charge in [-0.3, -0.25) is 4.79 Å². The highest BCUT2D eigenvalue weighted by Gasteiger charge is 2.07. The van der Waals surface area contributed by atoms with Gasteiger partial charge in [-0.15, -0.1) is 0 Å². The summed E-state index contributed by atoms with van der Waals surface area (Å²) in [4.78, 5) is 13.4. The molecule has 0 saturated carbocycles. The fourth-order valence-electron chi connectivity index (χ4n) is 1.58. The Labute approximate surface area is 107 Å². The van der Waals surface area contributed by atoms with E-state index in [1.165, 1.54) is 12.1 Å². The normalized spacial score (nSPS) is 12.6. The number of H-pyrrole nitrogens is 1. The molecule has 3 N–H and O–H groups in total. The zero-order valence-corrected chi connectivity index (χ0v) is 10.3. The molecule has 1 unspecified atom stereocenters. The summed E-state index contributed by atoms with van der Waals surface area (Å²) >= 11 is 1.10. The summed E-state index contributed by atoms with van der Waals surface area (Å²) in [5, 5.41) is 14.6. The maximum atomic E-state index is 12.9. The predicted molar refractivity (Wildman–Crippen MR) is 68.0 cm³/mol. The molecular weight excluding hydrogens is 255 g/mol. The van der Waals surface area contributed by atoms with Crippen molar-refractivity contribution in [3.05, 3.63) is 56.4 Å². The first-order chi connectivity index (χ1) is 8.65. The molecule has 0 aliphatic heterocycles. The van der Waals surface area contributed by atoms with Gasteiger partial charge in [-0.05, 0) is 17.7 Å². The molecule has 96 valence electrons. The van der Waals surface area contributed by atoms with Crippen LogP contribution in [0, 0.1) is 5.82 Å². The average molecular weight is 268 g/mol. The number of rotatable bonds is 5. The standard InChI is InChI=1S/C12H13FN2O2S/c13-9-3-1-2-8(4-9)11(16)6-14-5-10-7-18-12(17)15-10/h1-4,7,11,14,16H,5-6H2,(H,15,17). The zero-order chi connectivity index (χ0) is 13.0. The lowest BCUT2D eigenvalue weighted by molar-refractivity contribution is 0.174. The van der Waals surface area contributed by atoms with Crippen LogP contribution in [-0.4, -0.2) is 16.6 Å². The van der Waals surface area contributed by atoms with Crippen molar-refractivity contribution in [3.63, 3.8) is 0 Å². The fraction of sp³-hybridized carbons (Fsp3) is 0.250. The van der Waals surface area contributed by atoms with Crippen LogP contribution in [0.15, 0.2) is 34.4 Å². The molecule has 0 aliphatic rings. The van der Waals surface area contributed by atoms with Gasteiger partial charge in [-0.1, -0.05) is 23.5 Å². The third-order valence-electron chi connectivity index (χ3n) is 2.46. The summed E-state index contributed by atoms with van der Waals surface area (Å²) in [5.74, 6) is -0.367. The van der Waals surface area contributed by atoms with Crippen molar-refractivity contribution < 1.29 is 9.50 Å². The van der Waals surface area contributed by atoms with Crippen molar-refractivity contribution in [1.82, 2.24) is 10.3 Å². The molecule has 0 saturated heterocycles. The van der Waals surface area contributed by atoms with Crippen molar-refractivity contribution in [2.24, 2.45) is 0 Å². The molecule has 1 aromatic heterocycles. The van der Waals surface area contributed by atoms with Crippen LogP contribution in [0.3, 0.4) is 0 Å². The number of aromatic amines is 1. The summed E-state index contributed by atoms with van der Waals surface area (Å²) in [6, 6.07) is 5.87. The van der Waals surface area contributed by atoms with E-state index < -0.39 is 6.10 Å². The van der Waals surface area contributed by atoms with Gasteiger partial charge in [0.05, 0.1) is 6.10 Å². The van der Waals surface area contributed by atoms with E-state index in [2.05, 4.69) is 10.3 Å². The Hall–Kier alpha value is -1.50. The smallest absolute Gasteiger partial charge is 0.304 e. The monoisotopic (exact) mass is 268 g/mol. The van der Waals surface area contributed by atoms with Crippen molar-refractivity contribution in [3.8, 4) is 0 Å². The van der Waals surface area contributed by atoms with Gasteiger partial charge >= 0.3 is 4.87 Å². The van der Waals surface area contributed by atoms with Crippen molar-refractivity contribution in [2.45, 2.75) is 12.6 Å². The number of nitrogens with one attached hydrogen (secondary N) is 2. The highest BCUT2D eigenvalue weighted by molar-refractivity contribution is 7.07. The second kappa shape index (κ2) is 5.90. The molecule has 18 heavy (non-hydrogen) atoms. The van der Waals surface area contributed by atoms with Crippen LogP contribution in [0.4, 0.5) is 4.39 Å². The van der Waals surface area contributed by atoms with E-state index >= 15 is 0 Å². The van der Waals surface area contributed by atoms with Crippen LogP contribution in [-0.2, 0) is 6.54 Å². The van der Waals surface area contributed by atoms with Gasteiger partial charge in [-0.2, -0.15) is 0 Å². The number of aliphatic hydroxyl groups excluding tert-OH is 1. The second-order valence-corrected chi connectivity index (χ2v) is 4.72. The number of hydrogen-bond donors (Lipinski definition) is 3. The van der Waals surface area contributed by atoms with E-state index in [-0.39, 0.29) is 10.7 Å². The Kier molecular flexibility index (Phi) is 4.24. The molecule has 2 aromatic rings. The molecule has 1 atom stereocenters. The Morgan fingerprint density at radius 3 is 3.00 bits per heavy atom.